The maximum Gasteiger partial charge on any atom is 0.319 e. The van der Waals surface area contributed by atoms with Gasteiger partial charge in [-0.1, -0.05) is 107 Å². The van der Waals surface area contributed by atoms with E-state index in [9.17, 15) is 19.2 Å². The fraction of sp³-hybridized carbons (Fsp3) is 0.389. The number of hydrogen-bond donors (Lipinski definition) is 3. The van der Waals surface area contributed by atoms with Crippen LogP contribution in [-0.4, -0.2) is 36.8 Å². The summed E-state index contributed by atoms with van der Waals surface area (Å²) in [6, 6.07) is 24.1. The van der Waals surface area contributed by atoms with E-state index in [1.807, 2.05) is 83.1 Å². The standard InChI is InChI=1S/C36H45N3O7/c1-24(2)21-27(32(40)38-31(36(3,4)5)34(42)37-28-19-13-14-20-29(28)44-6)30(35(43)45-22-25-15-9-7-10-16-25)33(41)39-46-23-26-17-11-8-12-18-26/h7-20,24,27,30-31H,21-23H2,1-6H3,(H,37,42)(H,38,40)(H,39,41)/t27-,30?,31?/m1/s1. The van der Waals surface area contributed by atoms with E-state index in [0.717, 1.165) is 11.1 Å². The molecule has 246 valence electrons. The van der Waals surface area contributed by atoms with Crippen LogP contribution in [0.2, 0.25) is 0 Å². The van der Waals surface area contributed by atoms with Crippen LogP contribution in [0.15, 0.2) is 84.9 Å². The Morgan fingerprint density at radius 3 is 1.87 bits per heavy atom. The van der Waals surface area contributed by atoms with Crippen molar-refractivity contribution in [3.8, 4) is 5.75 Å². The number of benzene rings is 3. The van der Waals surface area contributed by atoms with Crippen molar-refractivity contribution in [1.82, 2.24) is 10.8 Å². The van der Waals surface area contributed by atoms with Crippen LogP contribution in [0.5, 0.6) is 5.75 Å². The number of hydroxylamine groups is 1. The number of carbonyl (C=O) groups is 4. The molecule has 0 heterocycles. The molecule has 0 spiro atoms. The summed E-state index contributed by atoms with van der Waals surface area (Å²) < 4.78 is 10.9. The number of nitrogens with one attached hydrogen (secondary N) is 3. The summed E-state index contributed by atoms with van der Waals surface area (Å²) in [4.78, 5) is 60.4. The van der Waals surface area contributed by atoms with E-state index in [1.165, 1.54) is 7.11 Å². The number of carbonyl (C=O) groups excluding carboxylic acids is 4. The van der Waals surface area contributed by atoms with E-state index in [-0.39, 0.29) is 25.6 Å². The first-order valence-corrected chi connectivity index (χ1v) is 15.3. The van der Waals surface area contributed by atoms with Crippen LogP contribution in [0.3, 0.4) is 0 Å². The quantitative estimate of drug-likeness (QED) is 0.116. The van der Waals surface area contributed by atoms with Crippen LogP contribution >= 0.6 is 0 Å². The molecule has 46 heavy (non-hydrogen) atoms. The smallest absolute Gasteiger partial charge is 0.319 e. The molecule has 0 aliphatic carbocycles. The molecule has 10 heteroatoms. The van der Waals surface area contributed by atoms with Crippen LogP contribution in [0.4, 0.5) is 5.69 Å². The summed E-state index contributed by atoms with van der Waals surface area (Å²) >= 11 is 0. The van der Waals surface area contributed by atoms with Gasteiger partial charge in [-0.15, -0.1) is 0 Å². The molecule has 10 nitrogen and oxygen atoms in total. The lowest BCUT2D eigenvalue weighted by Gasteiger charge is -2.33. The molecule has 0 aliphatic heterocycles. The topological polar surface area (TPSA) is 132 Å². The highest BCUT2D eigenvalue weighted by Gasteiger charge is 2.43. The zero-order valence-corrected chi connectivity index (χ0v) is 27.4. The highest BCUT2D eigenvalue weighted by Crippen LogP contribution is 2.28. The van der Waals surface area contributed by atoms with Crippen molar-refractivity contribution < 1.29 is 33.5 Å². The number of rotatable bonds is 15. The molecule has 3 aromatic rings. The summed E-state index contributed by atoms with van der Waals surface area (Å²) in [7, 11) is 1.50. The molecular formula is C36H45N3O7. The van der Waals surface area contributed by atoms with Gasteiger partial charge in [0.2, 0.25) is 11.8 Å². The zero-order chi connectivity index (χ0) is 33.7. The fourth-order valence-corrected chi connectivity index (χ4v) is 4.88. The van der Waals surface area contributed by atoms with Crippen molar-refractivity contribution in [2.75, 3.05) is 12.4 Å². The molecule has 0 fully saturated rings. The average Bonchev–Trinajstić information content (AvgIpc) is 3.02. The number of anilines is 1. The number of esters is 1. The largest absolute Gasteiger partial charge is 0.495 e. The van der Waals surface area contributed by atoms with Gasteiger partial charge in [0.25, 0.3) is 5.91 Å². The lowest BCUT2D eigenvalue weighted by molar-refractivity contribution is -0.163. The molecule has 0 saturated carbocycles. The predicted molar refractivity (Wildman–Crippen MR) is 175 cm³/mol. The third-order valence-corrected chi connectivity index (χ3v) is 7.26. The molecule has 0 saturated heterocycles. The average molecular weight is 632 g/mol. The van der Waals surface area contributed by atoms with Gasteiger partial charge >= 0.3 is 5.97 Å². The third-order valence-electron chi connectivity index (χ3n) is 7.26. The summed E-state index contributed by atoms with van der Waals surface area (Å²) in [5, 5.41) is 5.69. The maximum absolute atomic E-state index is 14.1. The minimum atomic E-state index is -1.56. The molecule has 3 atom stereocenters. The zero-order valence-electron chi connectivity index (χ0n) is 27.4. The molecule has 3 amide bonds. The number of para-hydroxylation sites is 2. The summed E-state index contributed by atoms with van der Waals surface area (Å²) in [6.07, 6.45) is 0.161. The van der Waals surface area contributed by atoms with Crippen molar-refractivity contribution >= 4 is 29.4 Å². The van der Waals surface area contributed by atoms with Gasteiger partial charge in [0.1, 0.15) is 24.3 Å². The first-order valence-electron chi connectivity index (χ1n) is 15.3. The molecule has 0 aliphatic rings. The Bertz CT molecular complexity index is 1440. The maximum atomic E-state index is 14.1. The first-order chi connectivity index (χ1) is 21.9. The molecule has 2 unspecified atom stereocenters. The highest BCUT2D eigenvalue weighted by molar-refractivity contribution is 6.03. The van der Waals surface area contributed by atoms with Crippen molar-refractivity contribution in [2.45, 2.75) is 60.3 Å². The number of methoxy groups -OCH3 is 1. The molecule has 0 aromatic heterocycles. The second-order valence-corrected chi connectivity index (χ2v) is 12.5. The van der Waals surface area contributed by atoms with E-state index in [4.69, 9.17) is 14.3 Å². The Morgan fingerprint density at radius 1 is 0.739 bits per heavy atom. The van der Waals surface area contributed by atoms with E-state index < -0.39 is 47.0 Å². The molecular weight excluding hydrogens is 586 g/mol. The molecule has 3 N–H and O–H groups in total. The van der Waals surface area contributed by atoms with Crippen LogP contribution in [0.1, 0.15) is 52.2 Å². The second kappa shape index (κ2) is 17.1. The van der Waals surface area contributed by atoms with Gasteiger partial charge < -0.3 is 20.1 Å². The van der Waals surface area contributed by atoms with Crippen molar-refractivity contribution in [1.29, 1.82) is 0 Å². The van der Waals surface area contributed by atoms with Gasteiger partial charge in [0.15, 0.2) is 0 Å². The summed E-state index contributed by atoms with van der Waals surface area (Å²) in [5.41, 5.74) is 3.58. The summed E-state index contributed by atoms with van der Waals surface area (Å²) in [6.45, 7) is 9.16. The van der Waals surface area contributed by atoms with Crippen LogP contribution in [-0.2, 0) is 42.0 Å². The number of amides is 3. The van der Waals surface area contributed by atoms with Gasteiger partial charge in [-0.2, -0.15) is 0 Å². The Kier molecular flexibility index (Phi) is 13.3. The van der Waals surface area contributed by atoms with Crippen LogP contribution in [0.25, 0.3) is 0 Å². The Morgan fingerprint density at radius 2 is 1.30 bits per heavy atom. The van der Waals surface area contributed by atoms with Gasteiger partial charge in [-0.25, -0.2) is 5.48 Å². The molecule has 3 aromatic carbocycles. The first kappa shape index (κ1) is 35.8. The van der Waals surface area contributed by atoms with Crippen LogP contribution < -0.4 is 20.9 Å². The van der Waals surface area contributed by atoms with Gasteiger partial charge in [0.05, 0.1) is 25.3 Å². The number of hydrogen-bond acceptors (Lipinski definition) is 7. The highest BCUT2D eigenvalue weighted by atomic mass is 16.7. The Balaban J connectivity index is 1.88. The third kappa shape index (κ3) is 10.7. The monoisotopic (exact) mass is 631 g/mol. The van der Waals surface area contributed by atoms with E-state index in [0.29, 0.717) is 11.4 Å². The molecule has 3 rings (SSSR count). The van der Waals surface area contributed by atoms with Crippen molar-refractivity contribution in [3.63, 3.8) is 0 Å². The van der Waals surface area contributed by atoms with E-state index in [1.54, 1.807) is 36.4 Å². The Hall–Kier alpha value is -4.70. The van der Waals surface area contributed by atoms with E-state index >= 15 is 0 Å². The lowest BCUT2D eigenvalue weighted by Crippen LogP contribution is -2.55. The SMILES string of the molecule is COc1ccccc1NC(=O)C(NC(=O)[C@H](CC(C)C)C(C(=O)NOCc1ccccc1)C(=O)OCc1ccccc1)C(C)(C)C. The Labute approximate surface area is 271 Å². The normalized spacial score (nSPS) is 13.2. The van der Waals surface area contributed by atoms with Gasteiger partial charge in [-0.3, -0.25) is 24.0 Å². The predicted octanol–water partition coefficient (Wildman–Crippen LogP) is 5.43. The minimum absolute atomic E-state index is 0.0502. The van der Waals surface area contributed by atoms with Crippen molar-refractivity contribution in [2.24, 2.45) is 23.2 Å². The lowest BCUT2D eigenvalue weighted by atomic mass is 9.81. The molecule has 0 bridgehead atoms. The number of ether oxygens (including phenoxy) is 2. The van der Waals surface area contributed by atoms with Gasteiger partial charge in [0, 0.05) is 0 Å². The minimum Gasteiger partial charge on any atom is -0.495 e. The molecule has 0 radical (unpaired) electrons. The fourth-order valence-electron chi connectivity index (χ4n) is 4.88. The second-order valence-electron chi connectivity index (χ2n) is 12.5. The van der Waals surface area contributed by atoms with Crippen LogP contribution in [0, 0.1) is 23.2 Å². The van der Waals surface area contributed by atoms with E-state index in [2.05, 4.69) is 16.1 Å². The summed E-state index contributed by atoms with van der Waals surface area (Å²) in [5.74, 6) is -5.17. The van der Waals surface area contributed by atoms with Crippen molar-refractivity contribution in [3.05, 3.63) is 96.1 Å². The van der Waals surface area contributed by atoms with Gasteiger partial charge in [-0.05, 0) is 41.0 Å².